The monoisotopic (exact) mass is 300 g/mol. The SMILES string of the molecule is c1ccc2[nH]c(-c3n[nH]c4cnc(-c5cn[nH]c5)cc34)cc2c1. The molecule has 5 rings (SSSR count). The van der Waals surface area contributed by atoms with Gasteiger partial charge < -0.3 is 4.98 Å². The largest absolute Gasteiger partial charge is 0.353 e. The van der Waals surface area contributed by atoms with Crippen LogP contribution in [-0.4, -0.2) is 30.4 Å². The zero-order chi connectivity index (χ0) is 15.2. The molecule has 0 atom stereocenters. The van der Waals surface area contributed by atoms with Crippen LogP contribution in [0.5, 0.6) is 0 Å². The van der Waals surface area contributed by atoms with Crippen molar-refractivity contribution in [2.75, 3.05) is 0 Å². The smallest absolute Gasteiger partial charge is 0.116 e. The number of pyridine rings is 1. The maximum absolute atomic E-state index is 4.46. The summed E-state index contributed by atoms with van der Waals surface area (Å²) in [5.41, 5.74) is 5.71. The number of H-pyrrole nitrogens is 3. The molecule has 4 aromatic heterocycles. The molecule has 0 aliphatic carbocycles. The van der Waals surface area contributed by atoms with Gasteiger partial charge in [0.1, 0.15) is 5.69 Å². The van der Waals surface area contributed by atoms with Crippen LogP contribution in [0.1, 0.15) is 0 Å². The highest BCUT2D eigenvalue weighted by Crippen LogP contribution is 2.30. The lowest BCUT2D eigenvalue weighted by Gasteiger charge is -1.98. The predicted octanol–water partition coefficient (Wildman–Crippen LogP) is 3.50. The van der Waals surface area contributed by atoms with Crippen LogP contribution in [0.25, 0.3) is 44.5 Å². The highest BCUT2D eigenvalue weighted by atomic mass is 15.1. The van der Waals surface area contributed by atoms with Crippen LogP contribution >= 0.6 is 0 Å². The second-order valence-corrected chi connectivity index (χ2v) is 5.44. The molecule has 0 saturated carbocycles. The molecule has 110 valence electrons. The second kappa shape index (κ2) is 4.54. The van der Waals surface area contributed by atoms with E-state index in [1.54, 1.807) is 12.4 Å². The molecule has 0 unspecified atom stereocenters. The van der Waals surface area contributed by atoms with E-state index in [1.807, 2.05) is 24.4 Å². The first-order valence-electron chi connectivity index (χ1n) is 7.30. The first kappa shape index (κ1) is 12.2. The van der Waals surface area contributed by atoms with E-state index in [9.17, 15) is 0 Å². The molecular formula is C17H12N6. The van der Waals surface area contributed by atoms with Crippen molar-refractivity contribution in [2.24, 2.45) is 0 Å². The van der Waals surface area contributed by atoms with Gasteiger partial charge in [-0.25, -0.2) is 0 Å². The first-order valence-corrected chi connectivity index (χ1v) is 7.30. The molecule has 4 heterocycles. The van der Waals surface area contributed by atoms with Crippen LogP contribution in [0.15, 0.2) is 55.0 Å². The maximum Gasteiger partial charge on any atom is 0.116 e. The zero-order valence-electron chi connectivity index (χ0n) is 12.0. The molecule has 0 radical (unpaired) electrons. The number of hydrogen-bond donors (Lipinski definition) is 3. The van der Waals surface area contributed by atoms with Gasteiger partial charge in [-0.3, -0.25) is 15.2 Å². The maximum atomic E-state index is 4.46. The Kier molecular flexibility index (Phi) is 2.40. The van der Waals surface area contributed by atoms with Gasteiger partial charge in [-0.15, -0.1) is 0 Å². The highest BCUT2D eigenvalue weighted by Gasteiger charge is 2.12. The number of fused-ring (bicyclic) bond motifs is 2. The summed E-state index contributed by atoms with van der Waals surface area (Å²) in [6.07, 6.45) is 5.39. The molecule has 0 bridgehead atoms. The highest BCUT2D eigenvalue weighted by molar-refractivity contribution is 5.96. The molecule has 23 heavy (non-hydrogen) atoms. The fourth-order valence-corrected chi connectivity index (χ4v) is 2.87. The quantitative estimate of drug-likeness (QED) is 0.466. The molecule has 0 amide bonds. The van der Waals surface area contributed by atoms with Gasteiger partial charge in [0.25, 0.3) is 0 Å². The summed E-state index contributed by atoms with van der Waals surface area (Å²) in [6, 6.07) is 12.3. The van der Waals surface area contributed by atoms with Crippen molar-refractivity contribution in [3.05, 3.63) is 55.0 Å². The molecule has 1 aromatic carbocycles. The molecule has 0 saturated heterocycles. The number of nitrogens with zero attached hydrogens (tertiary/aromatic N) is 3. The van der Waals surface area contributed by atoms with Crippen LogP contribution in [-0.2, 0) is 0 Å². The summed E-state index contributed by atoms with van der Waals surface area (Å²) in [5, 5.41) is 16.5. The van der Waals surface area contributed by atoms with Gasteiger partial charge in [-0.1, -0.05) is 18.2 Å². The Balaban J connectivity index is 1.73. The van der Waals surface area contributed by atoms with E-state index in [4.69, 9.17) is 0 Å². The van der Waals surface area contributed by atoms with E-state index in [2.05, 4.69) is 48.6 Å². The molecule has 0 aliphatic rings. The minimum Gasteiger partial charge on any atom is -0.353 e. The average Bonchev–Trinajstić information content (AvgIpc) is 3.32. The molecule has 5 aromatic rings. The Morgan fingerprint density at radius 2 is 1.91 bits per heavy atom. The van der Waals surface area contributed by atoms with Crippen LogP contribution in [0.2, 0.25) is 0 Å². The third kappa shape index (κ3) is 1.85. The fourth-order valence-electron chi connectivity index (χ4n) is 2.87. The summed E-state index contributed by atoms with van der Waals surface area (Å²) < 4.78 is 0. The minimum absolute atomic E-state index is 0.866. The van der Waals surface area contributed by atoms with Gasteiger partial charge >= 0.3 is 0 Å². The molecule has 0 aliphatic heterocycles. The molecule has 0 fully saturated rings. The van der Waals surface area contributed by atoms with Crippen LogP contribution in [0, 0.1) is 0 Å². The van der Waals surface area contributed by atoms with E-state index >= 15 is 0 Å². The van der Waals surface area contributed by atoms with Crippen molar-refractivity contribution in [1.82, 2.24) is 30.4 Å². The molecule has 3 N–H and O–H groups in total. The Labute approximate surface area is 130 Å². The van der Waals surface area contributed by atoms with Gasteiger partial charge in [0.2, 0.25) is 0 Å². The van der Waals surface area contributed by atoms with Gasteiger partial charge in [0, 0.05) is 28.0 Å². The number of aromatic nitrogens is 6. The van der Waals surface area contributed by atoms with E-state index in [0.29, 0.717) is 0 Å². The lowest BCUT2D eigenvalue weighted by atomic mass is 10.1. The molecule has 0 spiro atoms. The van der Waals surface area contributed by atoms with E-state index < -0.39 is 0 Å². The van der Waals surface area contributed by atoms with Crippen molar-refractivity contribution in [3.8, 4) is 22.6 Å². The predicted molar refractivity (Wildman–Crippen MR) is 88.8 cm³/mol. The fraction of sp³-hybridized carbons (Fsp3) is 0. The summed E-state index contributed by atoms with van der Waals surface area (Å²) in [6.45, 7) is 0. The van der Waals surface area contributed by atoms with E-state index in [-0.39, 0.29) is 0 Å². The van der Waals surface area contributed by atoms with Crippen molar-refractivity contribution in [2.45, 2.75) is 0 Å². The Bertz CT molecular complexity index is 1080. The van der Waals surface area contributed by atoms with Crippen LogP contribution in [0.3, 0.4) is 0 Å². The normalized spacial score (nSPS) is 11.5. The van der Waals surface area contributed by atoms with Crippen molar-refractivity contribution in [3.63, 3.8) is 0 Å². The van der Waals surface area contributed by atoms with E-state index in [0.717, 1.165) is 39.1 Å². The number of nitrogens with one attached hydrogen (secondary N) is 3. The number of rotatable bonds is 2. The Morgan fingerprint density at radius 3 is 2.78 bits per heavy atom. The summed E-state index contributed by atoms with van der Waals surface area (Å²) in [7, 11) is 0. The van der Waals surface area contributed by atoms with Crippen molar-refractivity contribution >= 4 is 21.8 Å². The van der Waals surface area contributed by atoms with Gasteiger partial charge in [-0.05, 0) is 18.2 Å². The number of hydrogen-bond acceptors (Lipinski definition) is 3. The van der Waals surface area contributed by atoms with Crippen molar-refractivity contribution < 1.29 is 0 Å². The van der Waals surface area contributed by atoms with Gasteiger partial charge in [-0.2, -0.15) is 10.2 Å². The average molecular weight is 300 g/mol. The standard InChI is InChI=1S/C17H12N6/c1-2-4-13-10(3-1)5-15(21-13)17-12-6-14(11-7-19-20-8-11)18-9-16(12)22-23-17/h1-9,21H,(H,19,20)(H,22,23). The molecule has 6 nitrogen and oxygen atoms in total. The third-order valence-electron chi connectivity index (χ3n) is 4.03. The summed E-state index contributed by atoms with van der Waals surface area (Å²) in [5.74, 6) is 0. The Hall–Kier alpha value is -3.41. The van der Waals surface area contributed by atoms with Crippen LogP contribution < -0.4 is 0 Å². The number of aromatic amines is 3. The summed E-state index contributed by atoms with van der Waals surface area (Å²) in [4.78, 5) is 7.88. The molecule has 6 heteroatoms. The lowest BCUT2D eigenvalue weighted by molar-refractivity contribution is 1.09. The minimum atomic E-state index is 0.866. The first-order chi connectivity index (χ1) is 11.4. The topological polar surface area (TPSA) is 86.0 Å². The van der Waals surface area contributed by atoms with Gasteiger partial charge in [0.15, 0.2) is 0 Å². The van der Waals surface area contributed by atoms with Crippen molar-refractivity contribution in [1.29, 1.82) is 0 Å². The molecular weight excluding hydrogens is 288 g/mol. The number of para-hydroxylation sites is 1. The van der Waals surface area contributed by atoms with Crippen LogP contribution in [0.4, 0.5) is 0 Å². The van der Waals surface area contributed by atoms with E-state index in [1.165, 1.54) is 5.39 Å². The zero-order valence-corrected chi connectivity index (χ0v) is 12.0. The third-order valence-corrected chi connectivity index (χ3v) is 4.03. The summed E-state index contributed by atoms with van der Waals surface area (Å²) >= 11 is 0. The van der Waals surface area contributed by atoms with Gasteiger partial charge in [0.05, 0.1) is 29.3 Å². The lowest BCUT2D eigenvalue weighted by Crippen LogP contribution is -1.82. The second-order valence-electron chi connectivity index (χ2n) is 5.44. The number of benzene rings is 1. The Morgan fingerprint density at radius 1 is 0.957 bits per heavy atom.